The lowest BCUT2D eigenvalue weighted by atomic mass is 10.1. The highest BCUT2D eigenvalue weighted by Crippen LogP contribution is 2.29. The van der Waals surface area contributed by atoms with Crippen molar-refractivity contribution in [1.82, 2.24) is 10.2 Å². The lowest BCUT2D eigenvalue weighted by Crippen LogP contribution is -2.46. The summed E-state index contributed by atoms with van der Waals surface area (Å²) in [5, 5.41) is 2.68. The number of rotatable bonds is 5. The maximum absolute atomic E-state index is 12.5. The number of amides is 2. The number of ether oxygens (including phenoxy) is 1. The molecule has 0 heterocycles. The van der Waals surface area contributed by atoms with E-state index in [0.29, 0.717) is 0 Å². The zero-order valence-corrected chi connectivity index (χ0v) is 14.9. The molecule has 0 aromatic heterocycles. The second-order valence-corrected chi connectivity index (χ2v) is 6.70. The molecule has 144 valence electrons. The van der Waals surface area contributed by atoms with Crippen LogP contribution < -0.4 is 5.32 Å². The predicted octanol–water partition coefficient (Wildman–Crippen LogP) is 2.24. The third-order valence-corrected chi connectivity index (χ3v) is 3.10. The van der Waals surface area contributed by atoms with Crippen LogP contribution in [-0.2, 0) is 20.5 Å². The smallest absolute Gasteiger partial charge is 0.416 e. The molecule has 1 rings (SSSR count). The number of nitrogens with one attached hydrogen (secondary N) is 1. The second-order valence-electron chi connectivity index (χ2n) is 6.70. The van der Waals surface area contributed by atoms with Gasteiger partial charge in [-0.25, -0.2) is 4.79 Å². The third kappa shape index (κ3) is 7.12. The number of esters is 1. The van der Waals surface area contributed by atoms with Crippen LogP contribution in [0.25, 0.3) is 0 Å². The molecule has 2 amide bonds. The molecule has 1 N–H and O–H groups in total. The van der Waals surface area contributed by atoms with Crippen LogP contribution >= 0.6 is 0 Å². The molecule has 1 aromatic carbocycles. The summed E-state index contributed by atoms with van der Waals surface area (Å²) >= 11 is 0. The molecule has 9 heteroatoms. The Morgan fingerprint density at radius 1 is 1.08 bits per heavy atom. The molecule has 0 fully saturated rings. The molecule has 0 saturated carbocycles. The standard InChI is InChI=1S/C17H21F3N2O4/c1-16(2,3)21-13(23)9-22(4)14(24)10-26-15(25)11-5-7-12(8-6-11)17(18,19)20/h5-8H,9-10H2,1-4H3,(H,21,23). The SMILES string of the molecule is CN(CC(=O)NC(C)(C)C)C(=O)COC(=O)c1ccc(C(F)(F)F)cc1. The van der Waals surface area contributed by atoms with E-state index in [2.05, 4.69) is 5.32 Å². The Morgan fingerprint density at radius 3 is 2.08 bits per heavy atom. The van der Waals surface area contributed by atoms with Crippen molar-refractivity contribution < 1.29 is 32.3 Å². The molecule has 0 atom stereocenters. The lowest BCUT2D eigenvalue weighted by Gasteiger charge is -2.23. The number of halogens is 3. The Labute approximate surface area is 149 Å². The molecule has 0 aliphatic heterocycles. The summed E-state index contributed by atoms with van der Waals surface area (Å²) in [5.74, 6) is -1.92. The molecule has 26 heavy (non-hydrogen) atoms. The molecule has 0 aliphatic rings. The highest BCUT2D eigenvalue weighted by Gasteiger charge is 2.30. The molecule has 0 aliphatic carbocycles. The predicted molar refractivity (Wildman–Crippen MR) is 87.3 cm³/mol. The average molecular weight is 374 g/mol. The van der Waals surface area contributed by atoms with Crippen LogP contribution in [0.4, 0.5) is 13.2 Å². The first-order valence-corrected chi connectivity index (χ1v) is 7.69. The Balaban J connectivity index is 2.53. The minimum Gasteiger partial charge on any atom is -0.452 e. The van der Waals surface area contributed by atoms with Crippen LogP contribution in [0.2, 0.25) is 0 Å². The van der Waals surface area contributed by atoms with Crippen molar-refractivity contribution in [3.8, 4) is 0 Å². The van der Waals surface area contributed by atoms with E-state index in [1.807, 2.05) is 0 Å². The van der Waals surface area contributed by atoms with E-state index < -0.39 is 35.8 Å². The van der Waals surface area contributed by atoms with Crippen LogP contribution in [0.3, 0.4) is 0 Å². The van der Waals surface area contributed by atoms with Gasteiger partial charge in [-0.05, 0) is 45.0 Å². The van der Waals surface area contributed by atoms with Crippen molar-refractivity contribution in [3.05, 3.63) is 35.4 Å². The number of nitrogens with zero attached hydrogens (tertiary/aromatic N) is 1. The molecule has 0 bridgehead atoms. The Morgan fingerprint density at radius 2 is 1.62 bits per heavy atom. The first-order chi connectivity index (χ1) is 11.8. The molecule has 0 spiro atoms. The van der Waals surface area contributed by atoms with E-state index in [0.717, 1.165) is 29.2 Å². The maximum Gasteiger partial charge on any atom is 0.416 e. The van der Waals surface area contributed by atoms with Crippen molar-refractivity contribution in [1.29, 1.82) is 0 Å². The Bertz CT molecular complexity index is 664. The van der Waals surface area contributed by atoms with Crippen LogP contribution in [-0.4, -0.2) is 48.4 Å². The van der Waals surface area contributed by atoms with E-state index in [4.69, 9.17) is 4.74 Å². The van der Waals surface area contributed by atoms with Crippen LogP contribution in [0.15, 0.2) is 24.3 Å². The van der Waals surface area contributed by atoms with Gasteiger partial charge < -0.3 is 15.0 Å². The minimum atomic E-state index is -4.51. The number of alkyl halides is 3. The van der Waals surface area contributed by atoms with E-state index in [-0.39, 0.29) is 18.0 Å². The van der Waals surface area contributed by atoms with Crippen molar-refractivity contribution in [3.63, 3.8) is 0 Å². The number of hydrogen-bond acceptors (Lipinski definition) is 4. The van der Waals surface area contributed by atoms with E-state index in [1.54, 1.807) is 20.8 Å². The Kier molecular flexibility index (Phi) is 6.77. The summed E-state index contributed by atoms with van der Waals surface area (Å²) in [6.45, 7) is 4.53. The van der Waals surface area contributed by atoms with Gasteiger partial charge in [-0.15, -0.1) is 0 Å². The van der Waals surface area contributed by atoms with Gasteiger partial charge in [0.15, 0.2) is 6.61 Å². The Hall–Kier alpha value is -2.58. The van der Waals surface area contributed by atoms with Gasteiger partial charge >= 0.3 is 12.1 Å². The topological polar surface area (TPSA) is 75.7 Å². The summed E-state index contributed by atoms with van der Waals surface area (Å²) in [6, 6.07) is 3.44. The van der Waals surface area contributed by atoms with E-state index in [1.165, 1.54) is 7.05 Å². The van der Waals surface area contributed by atoms with Crippen LogP contribution in [0.1, 0.15) is 36.7 Å². The van der Waals surface area contributed by atoms with E-state index >= 15 is 0 Å². The zero-order valence-electron chi connectivity index (χ0n) is 14.9. The summed E-state index contributed by atoms with van der Waals surface area (Å²) in [5.41, 5.74) is -1.45. The lowest BCUT2D eigenvalue weighted by molar-refractivity contribution is -0.137. The van der Waals surface area contributed by atoms with Crippen molar-refractivity contribution in [2.75, 3.05) is 20.2 Å². The number of carbonyl (C=O) groups is 3. The summed E-state index contributed by atoms with van der Waals surface area (Å²) < 4.78 is 42.2. The van der Waals surface area contributed by atoms with Gasteiger partial charge in [0, 0.05) is 12.6 Å². The molecule has 0 saturated heterocycles. The fraction of sp³-hybridized carbons (Fsp3) is 0.471. The number of carbonyl (C=O) groups excluding carboxylic acids is 3. The molecular weight excluding hydrogens is 353 g/mol. The zero-order chi connectivity index (χ0) is 20.1. The number of hydrogen-bond donors (Lipinski definition) is 1. The van der Waals surface area contributed by atoms with Gasteiger partial charge in [0.05, 0.1) is 17.7 Å². The molecule has 0 radical (unpaired) electrons. The maximum atomic E-state index is 12.5. The number of benzene rings is 1. The normalized spacial score (nSPS) is 11.7. The van der Waals surface area contributed by atoms with Crippen LogP contribution in [0.5, 0.6) is 0 Å². The molecule has 0 unspecified atom stereocenters. The summed E-state index contributed by atoms with van der Waals surface area (Å²) in [7, 11) is 1.37. The fourth-order valence-electron chi connectivity index (χ4n) is 1.88. The highest BCUT2D eigenvalue weighted by molar-refractivity contribution is 5.92. The number of likely N-dealkylation sites (N-methyl/N-ethyl adjacent to an activating group) is 1. The minimum absolute atomic E-state index is 0.112. The molecule has 6 nitrogen and oxygen atoms in total. The summed E-state index contributed by atoms with van der Waals surface area (Å²) in [4.78, 5) is 36.5. The third-order valence-electron chi connectivity index (χ3n) is 3.10. The van der Waals surface area contributed by atoms with Gasteiger partial charge in [0.25, 0.3) is 5.91 Å². The van der Waals surface area contributed by atoms with Crippen LogP contribution in [0, 0.1) is 0 Å². The summed E-state index contributed by atoms with van der Waals surface area (Å²) in [6.07, 6.45) is -4.51. The van der Waals surface area contributed by atoms with Gasteiger partial charge in [0.2, 0.25) is 5.91 Å². The van der Waals surface area contributed by atoms with Crippen molar-refractivity contribution in [2.45, 2.75) is 32.5 Å². The molecule has 1 aromatic rings. The first-order valence-electron chi connectivity index (χ1n) is 7.69. The van der Waals surface area contributed by atoms with Gasteiger partial charge in [-0.2, -0.15) is 13.2 Å². The monoisotopic (exact) mass is 374 g/mol. The van der Waals surface area contributed by atoms with Crippen molar-refractivity contribution in [2.24, 2.45) is 0 Å². The largest absolute Gasteiger partial charge is 0.452 e. The second kappa shape index (κ2) is 8.20. The quantitative estimate of drug-likeness (QED) is 0.802. The molecular formula is C17H21F3N2O4. The first kappa shape index (κ1) is 21.5. The van der Waals surface area contributed by atoms with Crippen molar-refractivity contribution >= 4 is 17.8 Å². The highest BCUT2D eigenvalue weighted by atomic mass is 19.4. The van der Waals surface area contributed by atoms with Gasteiger partial charge in [0.1, 0.15) is 0 Å². The van der Waals surface area contributed by atoms with Gasteiger partial charge in [-0.1, -0.05) is 0 Å². The fourth-order valence-corrected chi connectivity index (χ4v) is 1.88. The average Bonchev–Trinajstić information content (AvgIpc) is 2.49. The van der Waals surface area contributed by atoms with Gasteiger partial charge in [-0.3, -0.25) is 9.59 Å². The van der Waals surface area contributed by atoms with E-state index in [9.17, 15) is 27.6 Å².